The number of carbonyl (C=O) groups excluding carboxylic acids is 1. The Bertz CT molecular complexity index is 592. The number of benzene rings is 1. The molecule has 0 unspecified atom stereocenters. The van der Waals surface area contributed by atoms with E-state index >= 15 is 0 Å². The van der Waals surface area contributed by atoms with Crippen LogP contribution >= 0.6 is 27.3 Å². The van der Waals surface area contributed by atoms with Crippen LogP contribution in [0.1, 0.15) is 15.2 Å². The fraction of sp³-hybridized carbons (Fsp3) is 0.214. The number of hydrogen-bond acceptors (Lipinski definition) is 4. The first-order valence-corrected chi connectivity index (χ1v) is 7.32. The molecule has 3 nitrogen and oxygen atoms in total. The van der Waals surface area contributed by atoms with Crippen LogP contribution in [0.4, 0.5) is 0 Å². The van der Waals surface area contributed by atoms with Gasteiger partial charge < -0.3 is 9.47 Å². The maximum Gasteiger partial charge on any atom is 0.211 e. The van der Waals surface area contributed by atoms with Gasteiger partial charge in [-0.25, -0.2) is 0 Å². The summed E-state index contributed by atoms with van der Waals surface area (Å²) in [4.78, 5) is 12.7. The molecular weight excluding hydrogens is 328 g/mol. The lowest BCUT2D eigenvalue weighted by molar-refractivity contribution is 0.0923. The Morgan fingerprint density at radius 1 is 1.32 bits per heavy atom. The van der Waals surface area contributed by atoms with Crippen LogP contribution in [0.5, 0.6) is 11.5 Å². The van der Waals surface area contributed by atoms with Gasteiger partial charge in [0, 0.05) is 4.47 Å². The first kappa shape index (κ1) is 14.1. The van der Waals surface area contributed by atoms with E-state index in [1.54, 1.807) is 7.11 Å². The van der Waals surface area contributed by atoms with Crippen LogP contribution in [0.15, 0.2) is 34.1 Å². The normalized spacial score (nSPS) is 10.3. The predicted octanol–water partition coefficient (Wildman–Crippen LogP) is 4.09. The van der Waals surface area contributed by atoms with E-state index < -0.39 is 0 Å². The fourth-order valence-electron chi connectivity index (χ4n) is 1.60. The third-order valence-corrected chi connectivity index (χ3v) is 4.43. The van der Waals surface area contributed by atoms with Crippen molar-refractivity contribution in [3.05, 3.63) is 44.6 Å². The smallest absolute Gasteiger partial charge is 0.211 e. The van der Waals surface area contributed by atoms with Gasteiger partial charge in [-0.15, -0.1) is 11.3 Å². The van der Waals surface area contributed by atoms with Crippen LogP contribution in [-0.4, -0.2) is 19.5 Å². The van der Waals surface area contributed by atoms with Crippen LogP contribution < -0.4 is 9.47 Å². The van der Waals surface area contributed by atoms with Gasteiger partial charge in [-0.3, -0.25) is 4.79 Å². The van der Waals surface area contributed by atoms with Crippen LogP contribution in [-0.2, 0) is 0 Å². The molecule has 0 atom stereocenters. The second-order valence-corrected chi connectivity index (χ2v) is 5.73. The fourth-order valence-corrected chi connectivity index (χ4v) is 3.12. The van der Waals surface area contributed by atoms with Crippen molar-refractivity contribution >= 4 is 33.0 Å². The molecule has 0 fully saturated rings. The minimum atomic E-state index is -0.0514. The average molecular weight is 341 g/mol. The predicted molar refractivity (Wildman–Crippen MR) is 79.6 cm³/mol. The van der Waals surface area contributed by atoms with Crippen molar-refractivity contribution in [1.29, 1.82) is 0 Å². The first-order valence-electron chi connectivity index (χ1n) is 5.65. The lowest BCUT2D eigenvalue weighted by Crippen LogP contribution is -2.11. The van der Waals surface area contributed by atoms with Crippen molar-refractivity contribution in [3.63, 3.8) is 0 Å². The van der Waals surface area contributed by atoms with E-state index in [2.05, 4.69) is 15.9 Å². The van der Waals surface area contributed by atoms with Gasteiger partial charge in [0.1, 0.15) is 0 Å². The third-order valence-electron chi connectivity index (χ3n) is 2.55. The Hall–Kier alpha value is -1.33. The Kier molecular flexibility index (Phi) is 4.61. The van der Waals surface area contributed by atoms with E-state index in [1.807, 2.05) is 36.6 Å². The highest BCUT2D eigenvalue weighted by Gasteiger charge is 2.13. The molecule has 0 aliphatic carbocycles. The summed E-state index contributed by atoms with van der Waals surface area (Å²) < 4.78 is 11.6. The number of methoxy groups -OCH3 is 1. The SMILES string of the molecule is COc1cc(C)ccc1OCC(=O)c1sccc1Br. The summed E-state index contributed by atoms with van der Waals surface area (Å²) in [5, 5.41) is 1.86. The van der Waals surface area contributed by atoms with E-state index in [9.17, 15) is 4.79 Å². The molecule has 0 saturated carbocycles. The highest BCUT2D eigenvalue weighted by atomic mass is 79.9. The van der Waals surface area contributed by atoms with E-state index in [0.717, 1.165) is 10.0 Å². The average Bonchev–Trinajstić information content (AvgIpc) is 2.83. The van der Waals surface area contributed by atoms with Crippen molar-refractivity contribution in [1.82, 2.24) is 0 Å². The Labute approximate surface area is 124 Å². The van der Waals surface area contributed by atoms with Gasteiger partial charge in [-0.05, 0) is 52.0 Å². The lowest BCUT2D eigenvalue weighted by Gasteiger charge is -2.10. The van der Waals surface area contributed by atoms with Crippen LogP contribution in [0.25, 0.3) is 0 Å². The van der Waals surface area contributed by atoms with Crippen molar-refractivity contribution in [2.45, 2.75) is 6.92 Å². The number of thiophene rings is 1. The first-order chi connectivity index (χ1) is 9.11. The maximum absolute atomic E-state index is 12.0. The molecule has 100 valence electrons. The second-order valence-electron chi connectivity index (χ2n) is 3.96. The number of rotatable bonds is 5. The molecule has 0 amide bonds. The molecule has 0 aliphatic heterocycles. The molecule has 1 aromatic carbocycles. The summed E-state index contributed by atoms with van der Waals surface area (Å²) in [6.45, 7) is 1.97. The zero-order valence-corrected chi connectivity index (χ0v) is 13.0. The number of ether oxygens (including phenoxy) is 2. The van der Waals surface area contributed by atoms with Gasteiger partial charge >= 0.3 is 0 Å². The topological polar surface area (TPSA) is 35.5 Å². The van der Waals surface area contributed by atoms with Crippen molar-refractivity contribution in [2.75, 3.05) is 13.7 Å². The van der Waals surface area contributed by atoms with E-state index in [4.69, 9.17) is 9.47 Å². The van der Waals surface area contributed by atoms with Gasteiger partial charge in [0.2, 0.25) is 5.78 Å². The zero-order chi connectivity index (χ0) is 13.8. The Balaban J connectivity index is 2.07. The molecule has 19 heavy (non-hydrogen) atoms. The van der Waals surface area contributed by atoms with Crippen molar-refractivity contribution < 1.29 is 14.3 Å². The molecule has 2 aromatic rings. The van der Waals surface area contributed by atoms with Gasteiger partial charge in [-0.2, -0.15) is 0 Å². The third kappa shape index (κ3) is 3.36. The summed E-state index contributed by atoms with van der Waals surface area (Å²) in [5.41, 5.74) is 1.08. The second kappa shape index (κ2) is 6.21. The molecule has 1 heterocycles. The highest BCUT2D eigenvalue weighted by molar-refractivity contribution is 9.10. The number of hydrogen-bond donors (Lipinski definition) is 0. The van der Waals surface area contributed by atoms with E-state index in [0.29, 0.717) is 16.4 Å². The standard InChI is InChI=1S/C14H13BrO3S/c1-9-3-4-12(13(7-9)17-2)18-8-11(16)14-10(15)5-6-19-14/h3-7H,8H2,1-2H3. The van der Waals surface area contributed by atoms with Gasteiger partial charge in [-0.1, -0.05) is 6.07 Å². The Morgan fingerprint density at radius 3 is 2.74 bits per heavy atom. The van der Waals surface area contributed by atoms with Crippen LogP contribution in [0.3, 0.4) is 0 Å². The molecular formula is C14H13BrO3S. The minimum absolute atomic E-state index is 0.00145. The summed E-state index contributed by atoms with van der Waals surface area (Å²) in [6, 6.07) is 7.46. The maximum atomic E-state index is 12.0. The number of ketones is 1. The molecule has 0 radical (unpaired) electrons. The quantitative estimate of drug-likeness (QED) is 0.769. The number of Topliss-reactive ketones (excluding diaryl/α,β-unsaturated/α-hetero) is 1. The van der Waals surface area contributed by atoms with Gasteiger partial charge in [0.05, 0.1) is 12.0 Å². The summed E-state index contributed by atoms with van der Waals surface area (Å²) in [6.07, 6.45) is 0. The number of halogens is 1. The van der Waals surface area contributed by atoms with Gasteiger partial charge in [0.15, 0.2) is 18.1 Å². The minimum Gasteiger partial charge on any atom is -0.493 e. The van der Waals surface area contributed by atoms with E-state index in [-0.39, 0.29) is 12.4 Å². The van der Waals surface area contributed by atoms with Crippen LogP contribution in [0, 0.1) is 6.92 Å². The molecule has 0 bridgehead atoms. The molecule has 5 heteroatoms. The highest BCUT2D eigenvalue weighted by Crippen LogP contribution is 2.28. The zero-order valence-electron chi connectivity index (χ0n) is 10.6. The lowest BCUT2D eigenvalue weighted by atomic mass is 10.2. The molecule has 0 aliphatic rings. The monoisotopic (exact) mass is 340 g/mol. The van der Waals surface area contributed by atoms with Crippen molar-refractivity contribution in [3.8, 4) is 11.5 Å². The summed E-state index contributed by atoms with van der Waals surface area (Å²) in [5.74, 6) is 1.16. The number of aryl methyl sites for hydroxylation is 1. The summed E-state index contributed by atoms with van der Waals surface area (Å²) >= 11 is 4.74. The van der Waals surface area contributed by atoms with Crippen molar-refractivity contribution in [2.24, 2.45) is 0 Å². The molecule has 0 spiro atoms. The number of carbonyl (C=O) groups is 1. The van der Waals surface area contributed by atoms with Gasteiger partial charge in [0.25, 0.3) is 0 Å². The molecule has 0 N–H and O–H groups in total. The largest absolute Gasteiger partial charge is 0.493 e. The molecule has 2 rings (SSSR count). The molecule has 1 aromatic heterocycles. The van der Waals surface area contributed by atoms with Crippen LogP contribution in [0.2, 0.25) is 0 Å². The Morgan fingerprint density at radius 2 is 2.11 bits per heavy atom. The summed E-state index contributed by atoms with van der Waals surface area (Å²) in [7, 11) is 1.58. The van der Waals surface area contributed by atoms with E-state index in [1.165, 1.54) is 11.3 Å². The molecule has 0 saturated heterocycles.